The van der Waals surface area contributed by atoms with E-state index in [0.29, 0.717) is 6.04 Å². The van der Waals surface area contributed by atoms with Gasteiger partial charge in [-0.25, -0.2) is 9.97 Å². The van der Waals surface area contributed by atoms with Crippen LogP contribution in [0.1, 0.15) is 44.1 Å². The summed E-state index contributed by atoms with van der Waals surface area (Å²) in [5.41, 5.74) is 2.05. The molecule has 1 aliphatic heterocycles. The summed E-state index contributed by atoms with van der Waals surface area (Å²) >= 11 is 0. The van der Waals surface area contributed by atoms with Crippen molar-refractivity contribution in [3.05, 3.63) is 23.3 Å². The zero-order valence-corrected chi connectivity index (χ0v) is 13.0. The Kier molecular flexibility index (Phi) is 5.46. The SMILES string of the molecule is CCN1CCOC(c2nc(C)cc(CNC(C)C)n2)C1. The van der Waals surface area contributed by atoms with Crippen LogP contribution in [0.5, 0.6) is 0 Å². The second-order valence-electron chi connectivity index (χ2n) is 5.65. The Morgan fingerprint density at radius 2 is 2.25 bits per heavy atom. The molecule has 2 rings (SSSR count). The minimum Gasteiger partial charge on any atom is -0.368 e. The summed E-state index contributed by atoms with van der Waals surface area (Å²) in [5, 5.41) is 3.40. The number of likely N-dealkylation sites (N-methyl/N-ethyl adjacent to an activating group) is 1. The molecule has 20 heavy (non-hydrogen) atoms. The topological polar surface area (TPSA) is 50.3 Å². The fourth-order valence-electron chi connectivity index (χ4n) is 2.35. The molecule has 0 bridgehead atoms. The van der Waals surface area contributed by atoms with Gasteiger partial charge in [-0.15, -0.1) is 0 Å². The maximum atomic E-state index is 5.84. The van der Waals surface area contributed by atoms with Gasteiger partial charge >= 0.3 is 0 Å². The van der Waals surface area contributed by atoms with E-state index in [0.717, 1.165) is 50.0 Å². The van der Waals surface area contributed by atoms with Gasteiger partial charge in [-0.3, -0.25) is 4.90 Å². The molecule has 2 heterocycles. The summed E-state index contributed by atoms with van der Waals surface area (Å²) in [5.74, 6) is 0.823. The lowest BCUT2D eigenvalue weighted by Gasteiger charge is -2.31. The van der Waals surface area contributed by atoms with Crippen molar-refractivity contribution in [3.63, 3.8) is 0 Å². The lowest BCUT2D eigenvalue weighted by atomic mass is 10.2. The molecule has 5 nitrogen and oxygen atoms in total. The number of hydrogen-bond acceptors (Lipinski definition) is 5. The van der Waals surface area contributed by atoms with Crippen LogP contribution in [0.2, 0.25) is 0 Å². The van der Waals surface area contributed by atoms with Gasteiger partial charge in [-0.05, 0) is 19.5 Å². The minimum atomic E-state index is 0.00130. The van der Waals surface area contributed by atoms with Crippen molar-refractivity contribution in [2.45, 2.75) is 46.4 Å². The van der Waals surface area contributed by atoms with Crippen LogP contribution < -0.4 is 5.32 Å². The molecule has 1 atom stereocenters. The third-order valence-electron chi connectivity index (χ3n) is 3.50. The average molecular weight is 278 g/mol. The Morgan fingerprint density at radius 3 is 2.95 bits per heavy atom. The number of ether oxygens (including phenoxy) is 1. The molecule has 0 radical (unpaired) electrons. The van der Waals surface area contributed by atoms with Gasteiger partial charge in [0.25, 0.3) is 0 Å². The third-order valence-corrected chi connectivity index (χ3v) is 3.50. The van der Waals surface area contributed by atoms with E-state index >= 15 is 0 Å². The first kappa shape index (κ1) is 15.4. The van der Waals surface area contributed by atoms with Crippen molar-refractivity contribution in [1.29, 1.82) is 0 Å². The number of hydrogen-bond donors (Lipinski definition) is 1. The molecule has 0 spiro atoms. The molecule has 1 aromatic rings. The van der Waals surface area contributed by atoms with Crippen LogP contribution in [0.25, 0.3) is 0 Å². The first-order valence-corrected chi connectivity index (χ1v) is 7.50. The quantitative estimate of drug-likeness (QED) is 0.888. The number of nitrogens with zero attached hydrogens (tertiary/aromatic N) is 3. The van der Waals surface area contributed by atoms with E-state index in [1.165, 1.54) is 0 Å². The number of aromatic nitrogens is 2. The number of aryl methyl sites for hydroxylation is 1. The zero-order chi connectivity index (χ0) is 14.5. The standard InChI is InChI=1S/C15H26N4O/c1-5-19-6-7-20-14(10-19)15-17-12(4)8-13(18-15)9-16-11(2)3/h8,11,14,16H,5-7,9-10H2,1-4H3. The van der Waals surface area contributed by atoms with Crippen LogP contribution >= 0.6 is 0 Å². The second-order valence-corrected chi connectivity index (χ2v) is 5.65. The van der Waals surface area contributed by atoms with Gasteiger partial charge in [0.1, 0.15) is 6.10 Å². The van der Waals surface area contributed by atoms with E-state index in [2.05, 4.69) is 41.0 Å². The summed E-state index contributed by atoms with van der Waals surface area (Å²) in [4.78, 5) is 11.6. The van der Waals surface area contributed by atoms with Crippen LogP contribution in [-0.4, -0.2) is 47.2 Å². The van der Waals surface area contributed by atoms with Gasteiger partial charge in [-0.1, -0.05) is 20.8 Å². The number of morpholine rings is 1. The van der Waals surface area contributed by atoms with Crippen molar-refractivity contribution < 1.29 is 4.74 Å². The molecule has 5 heteroatoms. The van der Waals surface area contributed by atoms with E-state index in [1.54, 1.807) is 0 Å². The van der Waals surface area contributed by atoms with E-state index in [9.17, 15) is 0 Å². The Balaban J connectivity index is 2.10. The highest BCUT2D eigenvalue weighted by Crippen LogP contribution is 2.19. The van der Waals surface area contributed by atoms with E-state index in [1.807, 2.05) is 13.0 Å². The van der Waals surface area contributed by atoms with Crippen molar-refractivity contribution in [2.75, 3.05) is 26.2 Å². The number of rotatable bonds is 5. The first-order valence-electron chi connectivity index (χ1n) is 7.50. The normalized spacial score (nSPS) is 20.6. The molecule has 1 unspecified atom stereocenters. The number of nitrogens with one attached hydrogen (secondary N) is 1. The third kappa shape index (κ3) is 4.23. The fraction of sp³-hybridized carbons (Fsp3) is 0.733. The predicted octanol–water partition coefficient (Wildman–Crippen LogP) is 1.68. The van der Waals surface area contributed by atoms with E-state index in [4.69, 9.17) is 4.74 Å². The minimum absolute atomic E-state index is 0.00130. The molecule has 0 amide bonds. The molecule has 112 valence electrons. The van der Waals surface area contributed by atoms with Crippen LogP contribution in [0.4, 0.5) is 0 Å². The molecule has 1 N–H and O–H groups in total. The highest BCUT2D eigenvalue weighted by Gasteiger charge is 2.23. The van der Waals surface area contributed by atoms with Crippen LogP contribution in [0.15, 0.2) is 6.07 Å². The van der Waals surface area contributed by atoms with Gasteiger partial charge in [-0.2, -0.15) is 0 Å². The molecular weight excluding hydrogens is 252 g/mol. The van der Waals surface area contributed by atoms with Crippen LogP contribution in [0.3, 0.4) is 0 Å². The second kappa shape index (κ2) is 7.11. The van der Waals surface area contributed by atoms with Crippen molar-refractivity contribution in [2.24, 2.45) is 0 Å². The monoisotopic (exact) mass is 278 g/mol. The molecule has 1 fully saturated rings. The first-order chi connectivity index (χ1) is 9.58. The molecule has 1 aromatic heterocycles. The smallest absolute Gasteiger partial charge is 0.158 e. The molecule has 0 aliphatic carbocycles. The summed E-state index contributed by atoms with van der Waals surface area (Å²) < 4.78 is 5.84. The molecular formula is C15H26N4O. The molecule has 0 saturated carbocycles. The predicted molar refractivity (Wildman–Crippen MR) is 79.6 cm³/mol. The summed E-state index contributed by atoms with van der Waals surface area (Å²) in [6, 6.07) is 2.49. The van der Waals surface area contributed by atoms with Gasteiger partial charge in [0.15, 0.2) is 5.82 Å². The van der Waals surface area contributed by atoms with Gasteiger partial charge in [0.2, 0.25) is 0 Å². The highest BCUT2D eigenvalue weighted by molar-refractivity contribution is 5.12. The Hall–Kier alpha value is -1.04. The summed E-state index contributed by atoms with van der Waals surface area (Å²) in [6.07, 6.45) is 0.00130. The lowest BCUT2D eigenvalue weighted by Crippen LogP contribution is -2.38. The van der Waals surface area contributed by atoms with Crippen LogP contribution in [-0.2, 0) is 11.3 Å². The maximum Gasteiger partial charge on any atom is 0.158 e. The summed E-state index contributed by atoms with van der Waals surface area (Å²) in [6.45, 7) is 12.9. The highest BCUT2D eigenvalue weighted by atomic mass is 16.5. The molecule has 1 aliphatic rings. The Bertz CT molecular complexity index is 436. The van der Waals surface area contributed by atoms with Crippen LogP contribution in [0, 0.1) is 6.92 Å². The van der Waals surface area contributed by atoms with Gasteiger partial charge in [0, 0.05) is 31.4 Å². The van der Waals surface area contributed by atoms with Gasteiger partial charge < -0.3 is 10.1 Å². The van der Waals surface area contributed by atoms with E-state index < -0.39 is 0 Å². The van der Waals surface area contributed by atoms with E-state index in [-0.39, 0.29) is 6.10 Å². The van der Waals surface area contributed by atoms with Crippen molar-refractivity contribution in [1.82, 2.24) is 20.2 Å². The van der Waals surface area contributed by atoms with Crippen molar-refractivity contribution in [3.8, 4) is 0 Å². The lowest BCUT2D eigenvalue weighted by molar-refractivity contribution is -0.0327. The fourth-order valence-corrected chi connectivity index (χ4v) is 2.35. The molecule has 0 aromatic carbocycles. The van der Waals surface area contributed by atoms with Gasteiger partial charge in [0.05, 0.1) is 12.3 Å². The van der Waals surface area contributed by atoms with Crippen molar-refractivity contribution >= 4 is 0 Å². The average Bonchev–Trinajstić information content (AvgIpc) is 2.44. The Labute approximate surface area is 121 Å². The zero-order valence-electron chi connectivity index (χ0n) is 13.0. The summed E-state index contributed by atoms with van der Waals surface area (Å²) in [7, 11) is 0. The Morgan fingerprint density at radius 1 is 1.45 bits per heavy atom. The maximum absolute atomic E-state index is 5.84. The molecule has 1 saturated heterocycles. The largest absolute Gasteiger partial charge is 0.368 e.